The van der Waals surface area contributed by atoms with Crippen LogP contribution in [0, 0.1) is 5.92 Å². The lowest BCUT2D eigenvalue weighted by Crippen LogP contribution is -2.53. The predicted octanol–water partition coefficient (Wildman–Crippen LogP) is 3.20. The van der Waals surface area contributed by atoms with E-state index in [0.29, 0.717) is 18.8 Å². The second-order valence-corrected chi connectivity index (χ2v) is 7.74. The SMILES string of the molecule is NC(=O)C1CN(CCC(F)(F)CCCC(=O)c2cc(-c3cccs3)on2)C1. The molecule has 6 nitrogen and oxygen atoms in total. The number of alkyl halides is 2. The van der Waals surface area contributed by atoms with Gasteiger partial charge in [0, 0.05) is 45.0 Å². The van der Waals surface area contributed by atoms with Crippen LogP contribution in [0.3, 0.4) is 0 Å². The topological polar surface area (TPSA) is 89.4 Å². The molecule has 9 heteroatoms. The summed E-state index contributed by atoms with van der Waals surface area (Å²) < 4.78 is 33.1. The number of thiophene rings is 1. The summed E-state index contributed by atoms with van der Waals surface area (Å²) in [6.45, 7) is 1.11. The van der Waals surface area contributed by atoms with Crippen molar-refractivity contribution in [1.29, 1.82) is 0 Å². The Bertz CT molecular complexity index is 786. The zero-order valence-electron chi connectivity index (χ0n) is 14.7. The molecule has 3 rings (SSSR count). The van der Waals surface area contributed by atoms with E-state index in [1.54, 1.807) is 11.0 Å². The summed E-state index contributed by atoms with van der Waals surface area (Å²) in [6.07, 6.45) is -0.572. The van der Waals surface area contributed by atoms with Gasteiger partial charge in [0.25, 0.3) is 0 Å². The number of primary amides is 1. The molecule has 2 aromatic heterocycles. The summed E-state index contributed by atoms with van der Waals surface area (Å²) in [5.74, 6) is -3.25. The van der Waals surface area contributed by atoms with E-state index >= 15 is 0 Å². The lowest BCUT2D eigenvalue weighted by atomic mass is 9.98. The maximum atomic E-state index is 14.0. The molecule has 2 N–H and O–H groups in total. The predicted molar refractivity (Wildman–Crippen MR) is 96.7 cm³/mol. The first-order valence-electron chi connectivity index (χ1n) is 8.77. The van der Waals surface area contributed by atoms with Crippen molar-refractivity contribution in [1.82, 2.24) is 10.1 Å². The Hall–Kier alpha value is -2.13. The molecular formula is C18H21F2N3O3S. The Morgan fingerprint density at radius 3 is 2.81 bits per heavy atom. The van der Waals surface area contributed by atoms with Crippen LogP contribution in [0.4, 0.5) is 8.78 Å². The third kappa shape index (κ3) is 5.20. The van der Waals surface area contributed by atoms with E-state index in [4.69, 9.17) is 10.3 Å². The van der Waals surface area contributed by atoms with Crippen molar-refractivity contribution < 1.29 is 22.9 Å². The van der Waals surface area contributed by atoms with Crippen LogP contribution < -0.4 is 5.73 Å². The van der Waals surface area contributed by atoms with Crippen LogP contribution >= 0.6 is 11.3 Å². The number of halogens is 2. The van der Waals surface area contributed by atoms with Crippen molar-refractivity contribution in [2.75, 3.05) is 19.6 Å². The van der Waals surface area contributed by atoms with Gasteiger partial charge >= 0.3 is 0 Å². The van der Waals surface area contributed by atoms with Crippen molar-refractivity contribution in [3.8, 4) is 10.6 Å². The molecule has 0 radical (unpaired) electrons. The van der Waals surface area contributed by atoms with Crippen molar-refractivity contribution in [2.45, 2.75) is 31.6 Å². The molecule has 27 heavy (non-hydrogen) atoms. The van der Waals surface area contributed by atoms with Crippen LogP contribution in [0.2, 0.25) is 0 Å². The van der Waals surface area contributed by atoms with Gasteiger partial charge in [0.15, 0.2) is 11.5 Å². The van der Waals surface area contributed by atoms with Gasteiger partial charge < -0.3 is 15.2 Å². The number of carbonyl (C=O) groups is 2. The third-order valence-electron chi connectivity index (χ3n) is 4.66. The third-order valence-corrected chi connectivity index (χ3v) is 5.54. The Morgan fingerprint density at radius 1 is 1.37 bits per heavy atom. The second kappa shape index (κ2) is 8.26. The summed E-state index contributed by atoms with van der Waals surface area (Å²) in [7, 11) is 0. The number of rotatable bonds is 10. The Labute approximate surface area is 159 Å². The fraction of sp³-hybridized carbons (Fsp3) is 0.500. The van der Waals surface area contributed by atoms with E-state index in [2.05, 4.69) is 5.16 Å². The highest BCUT2D eigenvalue weighted by Gasteiger charge is 2.34. The summed E-state index contributed by atoms with van der Waals surface area (Å²) in [5, 5.41) is 5.62. The number of nitrogens with zero attached hydrogens (tertiary/aromatic N) is 2. The molecule has 0 unspecified atom stereocenters. The molecule has 146 valence electrons. The molecule has 1 saturated heterocycles. The van der Waals surface area contributed by atoms with Crippen LogP contribution in [0.15, 0.2) is 28.1 Å². The molecule has 0 aliphatic carbocycles. The minimum absolute atomic E-state index is 0.000528. The molecule has 1 aliphatic rings. The number of hydrogen-bond donors (Lipinski definition) is 1. The minimum atomic E-state index is -2.84. The highest BCUT2D eigenvalue weighted by Crippen LogP contribution is 2.29. The number of nitrogens with two attached hydrogens (primary N) is 1. The van der Waals surface area contributed by atoms with Crippen LogP contribution in [0.1, 0.15) is 36.2 Å². The molecule has 0 spiro atoms. The van der Waals surface area contributed by atoms with Gasteiger partial charge in [-0.05, 0) is 17.9 Å². The molecule has 0 bridgehead atoms. The number of Topliss-reactive ketones (excluding diaryl/α,β-unsaturated/α-hetero) is 1. The molecule has 0 saturated carbocycles. The molecule has 1 fully saturated rings. The number of amides is 1. The summed E-state index contributed by atoms with van der Waals surface area (Å²) in [4.78, 5) is 25.7. The smallest absolute Gasteiger partial charge is 0.249 e. The van der Waals surface area contributed by atoms with Crippen LogP contribution in [-0.2, 0) is 4.79 Å². The van der Waals surface area contributed by atoms with Crippen LogP contribution in [0.5, 0.6) is 0 Å². The van der Waals surface area contributed by atoms with E-state index < -0.39 is 5.92 Å². The van der Waals surface area contributed by atoms with Crippen molar-refractivity contribution >= 4 is 23.0 Å². The number of likely N-dealkylation sites (tertiary alicyclic amines) is 1. The monoisotopic (exact) mass is 397 g/mol. The minimum Gasteiger partial charge on any atom is -0.369 e. The van der Waals surface area contributed by atoms with E-state index in [1.807, 2.05) is 17.5 Å². The van der Waals surface area contributed by atoms with E-state index in [9.17, 15) is 18.4 Å². The molecule has 0 atom stereocenters. The average molecular weight is 397 g/mol. The van der Waals surface area contributed by atoms with Gasteiger partial charge in [-0.3, -0.25) is 9.59 Å². The summed E-state index contributed by atoms with van der Waals surface area (Å²) >= 11 is 1.46. The first-order valence-corrected chi connectivity index (χ1v) is 9.65. The largest absolute Gasteiger partial charge is 0.369 e. The molecule has 2 aromatic rings. The summed E-state index contributed by atoms with van der Waals surface area (Å²) in [5.41, 5.74) is 5.32. The first-order chi connectivity index (χ1) is 12.8. The standard InChI is InChI=1S/C18H21F2N3O3S/c19-18(20,6-7-23-10-12(11-23)17(21)25)5-1-3-14(24)13-9-15(26-22-13)16-4-2-8-27-16/h2,4,8-9,12H,1,3,5-7,10-11H2,(H2,21,25). The maximum Gasteiger partial charge on any atom is 0.249 e. The fourth-order valence-corrected chi connectivity index (χ4v) is 3.63. The van der Waals surface area contributed by atoms with Gasteiger partial charge in [-0.15, -0.1) is 11.3 Å². The number of hydrogen-bond acceptors (Lipinski definition) is 6. The van der Waals surface area contributed by atoms with E-state index in [1.165, 1.54) is 11.3 Å². The number of carbonyl (C=O) groups excluding carboxylic acids is 2. The van der Waals surface area contributed by atoms with Crippen LogP contribution in [0.25, 0.3) is 10.6 Å². The fourth-order valence-electron chi connectivity index (χ4n) is 2.96. The Balaban J connectivity index is 1.38. The average Bonchev–Trinajstić information content (AvgIpc) is 3.24. The normalized spacial score (nSPS) is 15.6. The Kier molecular flexibility index (Phi) is 6.01. The summed E-state index contributed by atoms with van der Waals surface area (Å²) in [6, 6.07) is 5.26. The molecular weight excluding hydrogens is 376 g/mol. The molecule has 3 heterocycles. The number of ketones is 1. The van der Waals surface area contributed by atoms with Crippen LogP contribution in [-0.4, -0.2) is 47.3 Å². The zero-order valence-corrected chi connectivity index (χ0v) is 15.5. The van der Waals surface area contributed by atoms with Gasteiger partial charge in [0.1, 0.15) is 5.69 Å². The van der Waals surface area contributed by atoms with Gasteiger partial charge in [0.05, 0.1) is 10.8 Å². The van der Waals surface area contributed by atoms with E-state index in [-0.39, 0.29) is 55.5 Å². The van der Waals surface area contributed by atoms with Gasteiger partial charge in [0.2, 0.25) is 11.8 Å². The zero-order chi connectivity index (χ0) is 19.4. The number of aromatic nitrogens is 1. The highest BCUT2D eigenvalue weighted by atomic mass is 32.1. The quantitative estimate of drug-likeness (QED) is 0.622. The highest BCUT2D eigenvalue weighted by molar-refractivity contribution is 7.13. The van der Waals surface area contributed by atoms with Crippen molar-refractivity contribution in [3.63, 3.8) is 0 Å². The van der Waals surface area contributed by atoms with Gasteiger partial charge in [-0.25, -0.2) is 8.78 Å². The lowest BCUT2D eigenvalue weighted by Gasteiger charge is -2.38. The van der Waals surface area contributed by atoms with Crippen molar-refractivity contribution in [3.05, 3.63) is 29.3 Å². The van der Waals surface area contributed by atoms with Gasteiger partial charge in [-0.1, -0.05) is 11.2 Å². The lowest BCUT2D eigenvalue weighted by molar-refractivity contribution is -0.127. The molecule has 1 amide bonds. The first kappa shape index (κ1) is 19.6. The second-order valence-electron chi connectivity index (χ2n) is 6.80. The van der Waals surface area contributed by atoms with E-state index in [0.717, 1.165) is 4.88 Å². The maximum absolute atomic E-state index is 14.0. The van der Waals surface area contributed by atoms with Crippen molar-refractivity contribution in [2.24, 2.45) is 11.7 Å². The molecule has 1 aliphatic heterocycles. The van der Waals surface area contributed by atoms with Gasteiger partial charge in [-0.2, -0.15) is 0 Å². The molecule has 0 aromatic carbocycles. The Morgan fingerprint density at radius 2 is 2.15 bits per heavy atom.